The minimum Gasteiger partial charge on any atom is -0.385 e. The topological polar surface area (TPSA) is 32.3 Å². The Morgan fingerprint density at radius 1 is 1.69 bits per heavy atom. The normalized spacial score (nSPS) is 26.1. The van der Waals surface area contributed by atoms with Crippen LogP contribution in [0.15, 0.2) is 23.9 Å². The molecule has 1 amide bonds. The summed E-state index contributed by atoms with van der Waals surface area (Å²) in [5.74, 6) is 0.174. The summed E-state index contributed by atoms with van der Waals surface area (Å²) >= 11 is 0. The zero-order chi connectivity index (χ0) is 9.26. The lowest BCUT2D eigenvalue weighted by Crippen LogP contribution is -2.51. The van der Waals surface area contributed by atoms with Gasteiger partial charge in [0.2, 0.25) is 5.91 Å². The standard InChI is InChI=1S/C10H14N2O/c1-8(13)12-7-6-11-9-4-2-3-5-10(9)12/h2-4,10-11H,5-7H2,1H3. The van der Waals surface area contributed by atoms with Gasteiger partial charge in [-0.1, -0.05) is 12.2 Å². The lowest BCUT2D eigenvalue weighted by molar-refractivity contribution is -0.131. The molecular formula is C10H14N2O. The van der Waals surface area contributed by atoms with Crippen molar-refractivity contribution in [2.24, 2.45) is 0 Å². The minimum atomic E-state index is 0.174. The fourth-order valence-electron chi connectivity index (χ4n) is 1.94. The number of amides is 1. The van der Waals surface area contributed by atoms with Gasteiger partial charge in [-0.3, -0.25) is 4.79 Å². The molecule has 3 nitrogen and oxygen atoms in total. The molecule has 1 atom stereocenters. The quantitative estimate of drug-likeness (QED) is 0.590. The van der Waals surface area contributed by atoms with Crippen LogP contribution in [0.1, 0.15) is 13.3 Å². The van der Waals surface area contributed by atoms with Crippen LogP contribution in [-0.4, -0.2) is 29.9 Å². The number of allylic oxidation sites excluding steroid dienone is 2. The van der Waals surface area contributed by atoms with E-state index in [2.05, 4.69) is 17.5 Å². The van der Waals surface area contributed by atoms with E-state index in [0.29, 0.717) is 0 Å². The molecule has 1 heterocycles. The molecule has 0 spiro atoms. The molecule has 0 radical (unpaired) electrons. The summed E-state index contributed by atoms with van der Waals surface area (Å²) in [5.41, 5.74) is 1.18. The van der Waals surface area contributed by atoms with Crippen molar-refractivity contribution in [3.05, 3.63) is 23.9 Å². The van der Waals surface area contributed by atoms with Crippen molar-refractivity contribution in [3.63, 3.8) is 0 Å². The van der Waals surface area contributed by atoms with Crippen LogP contribution in [0.2, 0.25) is 0 Å². The van der Waals surface area contributed by atoms with Gasteiger partial charge in [-0.25, -0.2) is 0 Å². The summed E-state index contributed by atoms with van der Waals surface area (Å²) in [4.78, 5) is 13.2. The maximum Gasteiger partial charge on any atom is 0.220 e. The first kappa shape index (κ1) is 8.35. The first-order valence-electron chi connectivity index (χ1n) is 4.67. The molecule has 2 rings (SSSR count). The second-order valence-electron chi connectivity index (χ2n) is 3.44. The Morgan fingerprint density at radius 2 is 2.54 bits per heavy atom. The van der Waals surface area contributed by atoms with Gasteiger partial charge in [-0.2, -0.15) is 0 Å². The van der Waals surface area contributed by atoms with E-state index in [1.807, 2.05) is 11.0 Å². The van der Waals surface area contributed by atoms with Gasteiger partial charge in [0.15, 0.2) is 0 Å². The average Bonchev–Trinajstić information content (AvgIpc) is 2.17. The Bertz CT molecular complexity index is 281. The van der Waals surface area contributed by atoms with E-state index in [1.54, 1.807) is 6.92 Å². The fraction of sp³-hybridized carbons (Fsp3) is 0.500. The third-order valence-corrected chi connectivity index (χ3v) is 2.59. The van der Waals surface area contributed by atoms with Crippen molar-refractivity contribution in [3.8, 4) is 0 Å². The zero-order valence-corrected chi connectivity index (χ0v) is 7.79. The largest absolute Gasteiger partial charge is 0.385 e. The van der Waals surface area contributed by atoms with E-state index in [0.717, 1.165) is 19.5 Å². The number of carbonyl (C=O) groups is 1. The van der Waals surface area contributed by atoms with Crippen molar-refractivity contribution in [2.45, 2.75) is 19.4 Å². The molecule has 0 aromatic heterocycles. The highest BCUT2D eigenvalue weighted by Gasteiger charge is 2.27. The molecule has 1 aliphatic heterocycles. The predicted octanol–water partition coefficient (Wildman–Crippen LogP) is 0.651. The van der Waals surface area contributed by atoms with Crippen LogP contribution in [-0.2, 0) is 4.79 Å². The van der Waals surface area contributed by atoms with E-state index in [4.69, 9.17) is 0 Å². The molecule has 1 fully saturated rings. The van der Waals surface area contributed by atoms with E-state index >= 15 is 0 Å². The second kappa shape index (κ2) is 3.24. The number of rotatable bonds is 0. The number of nitrogens with zero attached hydrogens (tertiary/aromatic N) is 1. The molecule has 3 heteroatoms. The molecular weight excluding hydrogens is 164 g/mol. The SMILES string of the molecule is CC(=O)N1CCNC2=CC=CCC21. The summed E-state index contributed by atoms with van der Waals surface area (Å²) in [6, 6.07) is 0.260. The third kappa shape index (κ3) is 1.46. The van der Waals surface area contributed by atoms with Crippen LogP contribution in [0, 0.1) is 0 Å². The molecule has 1 aliphatic carbocycles. The van der Waals surface area contributed by atoms with Gasteiger partial charge >= 0.3 is 0 Å². The number of piperazine rings is 1. The highest BCUT2D eigenvalue weighted by atomic mass is 16.2. The average molecular weight is 178 g/mol. The molecule has 70 valence electrons. The minimum absolute atomic E-state index is 0.174. The van der Waals surface area contributed by atoms with Crippen LogP contribution in [0.25, 0.3) is 0 Å². The lowest BCUT2D eigenvalue weighted by atomic mass is 10.0. The Morgan fingerprint density at radius 3 is 3.31 bits per heavy atom. The van der Waals surface area contributed by atoms with Gasteiger partial charge in [0.25, 0.3) is 0 Å². The van der Waals surface area contributed by atoms with Crippen LogP contribution in [0.5, 0.6) is 0 Å². The molecule has 0 saturated carbocycles. The first-order valence-corrected chi connectivity index (χ1v) is 4.67. The zero-order valence-electron chi connectivity index (χ0n) is 7.79. The first-order chi connectivity index (χ1) is 6.29. The van der Waals surface area contributed by atoms with Gasteiger partial charge in [0.1, 0.15) is 0 Å². The van der Waals surface area contributed by atoms with E-state index in [9.17, 15) is 4.79 Å². The third-order valence-electron chi connectivity index (χ3n) is 2.59. The monoisotopic (exact) mass is 178 g/mol. The van der Waals surface area contributed by atoms with Crippen molar-refractivity contribution in [1.82, 2.24) is 10.2 Å². The fourth-order valence-corrected chi connectivity index (χ4v) is 1.94. The van der Waals surface area contributed by atoms with Crippen molar-refractivity contribution in [2.75, 3.05) is 13.1 Å². The maximum absolute atomic E-state index is 11.3. The number of carbonyl (C=O) groups excluding carboxylic acids is 1. The van der Waals surface area contributed by atoms with Crippen LogP contribution in [0.3, 0.4) is 0 Å². The van der Waals surface area contributed by atoms with Gasteiger partial charge < -0.3 is 10.2 Å². The number of fused-ring (bicyclic) bond motifs is 1. The van der Waals surface area contributed by atoms with Crippen LogP contribution < -0.4 is 5.32 Å². The Balaban J connectivity index is 2.20. The number of hydrogen-bond donors (Lipinski definition) is 1. The molecule has 0 bridgehead atoms. The Labute approximate surface area is 78.1 Å². The van der Waals surface area contributed by atoms with Crippen molar-refractivity contribution < 1.29 is 4.79 Å². The van der Waals surface area contributed by atoms with Crippen LogP contribution in [0.4, 0.5) is 0 Å². The molecule has 13 heavy (non-hydrogen) atoms. The van der Waals surface area contributed by atoms with Gasteiger partial charge in [-0.05, 0) is 12.5 Å². The molecule has 1 unspecified atom stereocenters. The van der Waals surface area contributed by atoms with E-state index in [-0.39, 0.29) is 11.9 Å². The van der Waals surface area contributed by atoms with E-state index < -0.39 is 0 Å². The predicted molar refractivity (Wildman–Crippen MR) is 51.0 cm³/mol. The molecule has 0 aromatic carbocycles. The summed E-state index contributed by atoms with van der Waals surface area (Å²) in [6.45, 7) is 3.34. The second-order valence-corrected chi connectivity index (χ2v) is 3.44. The van der Waals surface area contributed by atoms with Gasteiger partial charge in [-0.15, -0.1) is 0 Å². The van der Waals surface area contributed by atoms with Gasteiger partial charge in [0.05, 0.1) is 6.04 Å². The molecule has 1 saturated heterocycles. The highest BCUT2D eigenvalue weighted by Crippen LogP contribution is 2.20. The summed E-state index contributed by atoms with van der Waals surface area (Å²) in [7, 11) is 0. The smallest absolute Gasteiger partial charge is 0.220 e. The van der Waals surface area contributed by atoms with Crippen LogP contribution >= 0.6 is 0 Å². The van der Waals surface area contributed by atoms with Crippen molar-refractivity contribution in [1.29, 1.82) is 0 Å². The maximum atomic E-state index is 11.3. The Hall–Kier alpha value is -1.25. The molecule has 0 aromatic rings. The van der Waals surface area contributed by atoms with E-state index in [1.165, 1.54) is 5.70 Å². The number of hydrogen-bond acceptors (Lipinski definition) is 2. The highest BCUT2D eigenvalue weighted by molar-refractivity contribution is 5.74. The molecule has 1 N–H and O–H groups in total. The van der Waals surface area contributed by atoms with Gasteiger partial charge in [0, 0.05) is 25.7 Å². The summed E-state index contributed by atoms with van der Waals surface area (Å²) in [5, 5.41) is 3.32. The summed E-state index contributed by atoms with van der Waals surface area (Å²) < 4.78 is 0. The summed E-state index contributed by atoms with van der Waals surface area (Å²) in [6.07, 6.45) is 7.15. The van der Waals surface area contributed by atoms with Crippen molar-refractivity contribution >= 4 is 5.91 Å². The number of nitrogens with one attached hydrogen (secondary N) is 1. The lowest BCUT2D eigenvalue weighted by Gasteiger charge is -2.38. The Kier molecular flexibility index (Phi) is 2.08. The molecule has 2 aliphatic rings.